The number of azo groups is 1. The third-order valence-electron chi connectivity index (χ3n) is 7.51. The zero-order chi connectivity index (χ0) is 24.2. The van der Waals surface area contributed by atoms with Crippen LogP contribution < -0.4 is 5.32 Å². The van der Waals surface area contributed by atoms with Gasteiger partial charge in [0.1, 0.15) is 11.9 Å². The molecule has 0 spiro atoms. The predicted molar refractivity (Wildman–Crippen MR) is 129 cm³/mol. The molecule has 2 aromatic carbocycles. The number of nitrogens with one attached hydrogen (secondary N) is 1. The van der Waals surface area contributed by atoms with E-state index in [0.29, 0.717) is 28.9 Å². The predicted octanol–water partition coefficient (Wildman–Crippen LogP) is 6.84. The zero-order valence-corrected chi connectivity index (χ0v) is 19.9. The van der Waals surface area contributed by atoms with Crippen molar-refractivity contribution in [3.8, 4) is 6.07 Å². The van der Waals surface area contributed by atoms with Crippen LogP contribution in [0, 0.1) is 39.8 Å². The number of allylic oxidation sites excluding steroid dienone is 1. The van der Waals surface area contributed by atoms with Gasteiger partial charge in [0.2, 0.25) is 5.91 Å². The Morgan fingerprint density at radius 2 is 1.88 bits per heavy atom. The Morgan fingerprint density at radius 1 is 1.21 bits per heavy atom. The van der Waals surface area contributed by atoms with Gasteiger partial charge >= 0.3 is 0 Å². The van der Waals surface area contributed by atoms with Gasteiger partial charge in [-0.25, -0.2) is 4.39 Å². The zero-order valence-electron chi connectivity index (χ0n) is 19.9. The number of benzene rings is 2. The van der Waals surface area contributed by atoms with Crippen molar-refractivity contribution in [2.75, 3.05) is 12.4 Å². The number of hydrogen-bond acceptors (Lipinski definition) is 4. The Hall–Kier alpha value is -3.33. The molecule has 0 aromatic heterocycles. The van der Waals surface area contributed by atoms with Crippen LogP contribution in [0.25, 0.3) is 5.70 Å². The highest BCUT2D eigenvalue weighted by atomic mass is 19.1. The first kappa shape index (κ1) is 24.3. The lowest BCUT2D eigenvalue weighted by molar-refractivity contribution is -0.130. The summed E-state index contributed by atoms with van der Waals surface area (Å²) in [6, 6.07) is 15.7. The molecule has 2 unspecified atom stereocenters. The summed E-state index contributed by atoms with van der Waals surface area (Å²) in [6.07, 6.45) is 3.53. The summed E-state index contributed by atoms with van der Waals surface area (Å²) in [5.41, 5.74) is 0.908. The van der Waals surface area contributed by atoms with Gasteiger partial charge in [0.15, 0.2) is 0 Å². The third kappa shape index (κ3) is 4.59. The number of hydrogen-bond donors (Lipinski definition) is 1. The molecule has 1 saturated carbocycles. The second kappa shape index (κ2) is 9.66. The van der Waals surface area contributed by atoms with E-state index in [1.807, 2.05) is 13.0 Å². The number of rotatable bonds is 6. The van der Waals surface area contributed by atoms with Crippen LogP contribution in [0.2, 0.25) is 0 Å². The van der Waals surface area contributed by atoms with Gasteiger partial charge in [-0.05, 0) is 54.4 Å². The number of para-hydroxylation sites is 1. The van der Waals surface area contributed by atoms with Crippen molar-refractivity contribution in [3.05, 3.63) is 71.6 Å². The molecule has 1 fully saturated rings. The molecule has 0 aliphatic heterocycles. The van der Waals surface area contributed by atoms with Gasteiger partial charge in [-0.3, -0.25) is 4.79 Å². The van der Waals surface area contributed by atoms with Crippen molar-refractivity contribution in [1.82, 2.24) is 0 Å². The van der Waals surface area contributed by atoms with E-state index in [9.17, 15) is 14.4 Å². The minimum absolute atomic E-state index is 0.0427. The lowest BCUT2D eigenvalue weighted by atomic mass is 9.62. The molecule has 2 aromatic rings. The molecular formula is C27H31FN4O. The Morgan fingerprint density at radius 3 is 2.55 bits per heavy atom. The first-order chi connectivity index (χ1) is 15.7. The lowest BCUT2D eigenvalue weighted by Crippen LogP contribution is -2.45. The van der Waals surface area contributed by atoms with Gasteiger partial charge in [-0.1, -0.05) is 58.0 Å². The number of anilines is 1. The van der Waals surface area contributed by atoms with E-state index in [-0.39, 0.29) is 29.0 Å². The van der Waals surface area contributed by atoms with Crippen molar-refractivity contribution in [2.45, 2.75) is 40.5 Å². The second-order valence-electron chi connectivity index (χ2n) is 9.50. The fourth-order valence-electron chi connectivity index (χ4n) is 5.13. The Labute approximate surface area is 195 Å². The Balaban J connectivity index is 1.89. The second-order valence-corrected chi connectivity index (χ2v) is 9.50. The number of nitrogens with zero attached hydrogens (tertiary/aromatic N) is 3. The molecule has 33 heavy (non-hydrogen) atoms. The van der Waals surface area contributed by atoms with Crippen molar-refractivity contribution >= 4 is 17.3 Å². The lowest BCUT2D eigenvalue weighted by Gasteiger charge is -2.42. The fraction of sp³-hybridized carbons (Fsp3) is 0.407. The molecule has 1 aliphatic rings. The first-order valence-electron chi connectivity index (χ1n) is 11.2. The van der Waals surface area contributed by atoms with Crippen LogP contribution in [0.3, 0.4) is 0 Å². The van der Waals surface area contributed by atoms with E-state index in [1.165, 1.54) is 6.07 Å². The average Bonchev–Trinajstić information content (AvgIpc) is 3.04. The minimum Gasteiger partial charge on any atom is -0.324 e. The summed E-state index contributed by atoms with van der Waals surface area (Å²) in [5.74, 6) is -0.208. The van der Waals surface area contributed by atoms with Crippen molar-refractivity contribution < 1.29 is 9.18 Å². The molecule has 6 heteroatoms. The van der Waals surface area contributed by atoms with Gasteiger partial charge in [0, 0.05) is 12.6 Å². The van der Waals surface area contributed by atoms with E-state index in [1.54, 1.807) is 49.5 Å². The van der Waals surface area contributed by atoms with E-state index in [4.69, 9.17) is 0 Å². The molecule has 1 amide bonds. The summed E-state index contributed by atoms with van der Waals surface area (Å²) >= 11 is 0. The maximum atomic E-state index is 14.4. The molecule has 0 radical (unpaired) electrons. The maximum Gasteiger partial charge on any atom is 0.230 e. The molecule has 1 N–H and O–H groups in total. The Kier molecular flexibility index (Phi) is 7.12. The Bertz CT molecular complexity index is 1130. The van der Waals surface area contributed by atoms with Crippen LogP contribution in [0.15, 0.2) is 64.8 Å². The third-order valence-corrected chi connectivity index (χ3v) is 7.51. The first-order valence-corrected chi connectivity index (χ1v) is 11.2. The van der Waals surface area contributed by atoms with Crippen molar-refractivity contribution in [3.63, 3.8) is 0 Å². The molecular weight excluding hydrogens is 415 g/mol. The van der Waals surface area contributed by atoms with Gasteiger partial charge in [0.25, 0.3) is 0 Å². The summed E-state index contributed by atoms with van der Waals surface area (Å²) in [6.45, 7) is 8.33. The van der Waals surface area contributed by atoms with Crippen molar-refractivity contribution in [2.24, 2.45) is 32.9 Å². The summed E-state index contributed by atoms with van der Waals surface area (Å²) in [7, 11) is 1.57. The highest BCUT2D eigenvalue weighted by molar-refractivity contribution is 5.97. The van der Waals surface area contributed by atoms with E-state index >= 15 is 0 Å². The molecule has 0 heterocycles. The van der Waals surface area contributed by atoms with E-state index in [0.717, 1.165) is 6.42 Å². The number of amides is 1. The molecule has 5 nitrogen and oxygen atoms in total. The van der Waals surface area contributed by atoms with Gasteiger partial charge < -0.3 is 5.32 Å². The number of halogens is 1. The topological polar surface area (TPSA) is 77.6 Å². The van der Waals surface area contributed by atoms with E-state index < -0.39 is 5.41 Å². The van der Waals surface area contributed by atoms with Crippen LogP contribution in [0.4, 0.5) is 10.1 Å². The van der Waals surface area contributed by atoms with Gasteiger partial charge in [-0.2, -0.15) is 15.5 Å². The fourth-order valence-corrected chi connectivity index (χ4v) is 5.13. The van der Waals surface area contributed by atoms with Gasteiger partial charge in [0.05, 0.1) is 22.4 Å². The standard InChI is InChI=1S/C27H31FN4O/c1-18(16-24(32-30-5)20-11-7-8-12-22(20)28)21-14-15-27(4,26(21,2)3)25(33)31-23-13-9-6-10-19(23)17-29/h6-13,16,18,21H,14-15H2,1-5H3,(H,31,33)/b24-16-,32-30-/t18?,21-,27?/m0/s1. The van der Waals surface area contributed by atoms with Crippen LogP contribution >= 0.6 is 0 Å². The highest BCUT2D eigenvalue weighted by Crippen LogP contribution is 2.59. The van der Waals surface area contributed by atoms with Gasteiger partial charge in [-0.15, -0.1) is 0 Å². The maximum absolute atomic E-state index is 14.4. The number of nitriles is 1. The van der Waals surface area contributed by atoms with Crippen molar-refractivity contribution in [1.29, 1.82) is 5.26 Å². The highest BCUT2D eigenvalue weighted by Gasteiger charge is 2.56. The van der Waals surface area contributed by atoms with Crippen LogP contribution in [0.5, 0.6) is 0 Å². The molecule has 1 aliphatic carbocycles. The average molecular weight is 447 g/mol. The number of carbonyl (C=O) groups is 1. The minimum atomic E-state index is -0.632. The summed E-state index contributed by atoms with van der Waals surface area (Å²) < 4.78 is 14.4. The van der Waals surface area contributed by atoms with E-state index in [2.05, 4.69) is 42.4 Å². The van der Waals surface area contributed by atoms with Crippen LogP contribution in [-0.4, -0.2) is 13.0 Å². The largest absolute Gasteiger partial charge is 0.324 e. The van der Waals surface area contributed by atoms with Crippen LogP contribution in [-0.2, 0) is 4.79 Å². The molecule has 3 atom stereocenters. The van der Waals surface area contributed by atoms with Crippen LogP contribution in [0.1, 0.15) is 51.7 Å². The molecule has 0 saturated heterocycles. The molecule has 0 bridgehead atoms. The summed E-state index contributed by atoms with van der Waals surface area (Å²) in [5, 5.41) is 20.4. The molecule has 3 rings (SSSR count). The smallest absolute Gasteiger partial charge is 0.230 e. The summed E-state index contributed by atoms with van der Waals surface area (Å²) in [4.78, 5) is 13.5. The SMILES string of the molecule is C/N=N\C(=C/C(C)[C@@H]1CCC(C)(C(=O)Nc2ccccc2C#N)C1(C)C)c1ccccc1F. The normalized spacial score (nSPS) is 23.3. The quantitative estimate of drug-likeness (QED) is 0.493. The monoisotopic (exact) mass is 446 g/mol. The molecule has 172 valence electrons. The number of carbonyl (C=O) groups excluding carboxylic acids is 1.